The summed E-state index contributed by atoms with van der Waals surface area (Å²) in [6, 6.07) is 79.5. The summed E-state index contributed by atoms with van der Waals surface area (Å²) in [5.74, 6) is 0. The molecular weight excluding hydrogens is 908 g/mol. The van der Waals surface area contributed by atoms with Gasteiger partial charge in [0.2, 0.25) is 0 Å². The van der Waals surface area contributed by atoms with Crippen molar-refractivity contribution in [2.75, 3.05) is 19.6 Å². The number of hydrogen-bond donors (Lipinski definition) is 0. The first-order chi connectivity index (χ1) is 35.7. The first kappa shape index (κ1) is 49.5. The number of nitrogens with zero attached hydrogens (tertiary/aromatic N) is 4. The summed E-state index contributed by atoms with van der Waals surface area (Å²) in [5.41, 5.74) is 22.5. The molecule has 2 aliphatic rings. The largest absolute Gasteiger partial charge is 0.311 e. The normalized spacial score (nSPS) is 13.3. The second kappa shape index (κ2) is 18.6. The van der Waals surface area contributed by atoms with E-state index in [0.29, 0.717) is 0 Å². The van der Waals surface area contributed by atoms with Gasteiger partial charge in [-0.25, -0.2) is 0 Å². The molecule has 0 atom stereocenters. The Bertz CT molecular complexity index is 3170. The number of hydrogen-bond acceptors (Lipinski definition) is 4. The van der Waals surface area contributed by atoms with E-state index in [2.05, 4.69) is 315 Å². The molecule has 11 rings (SSSR count). The molecule has 0 N–H and O–H groups in total. The minimum atomic E-state index is -0.142. The van der Waals surface area contributed by atoms with E-state index in [-0.39, 0.29) is 28.4 Å². The maximum Gasteiger partial charge on any atom is 0.252 e. The van der Waals surface area contributed by atoms with Gasteiger partial charge in [-0.2, -0.15) is 0 Å². The molecule has 0 amide bonds. The molecule has 0 unspecified atom stereocenters. The Morgan fingerprint density at radius 3 is 0.853 bits per heavy atom. The van der Waals surface area contributed by atoms with Gasteiger partial charge in [0.25, 0.3) is 6.71 Å². The van der Waals surface area contributed by atoms with Gasteiger partial charge in [0, 0.05) is 68.2 Å². The van der Waals surface area contributed by atoms with E-state index < -0.39 is 0 Å². The number of anilines is 12. The van der Waals surface area contributed by atoms with Crippen LogP contribution in [0.5, 0.6) is 0 Å². The molecule has 0 saturated carbocycles. The second-order valence-corrected chi connectivity index (χ2v) is 24.9. The summed E-state index contributed by atoms with van der Waals surface area (Å²) < 4.78 is 0. The van der Waals surface area contributed by atoms with Crippen LogP contribution in [-0.2, 0) is 21.7 Å². The van der Waals surface area contributed by atoms with E-state index in [9.17, 15) is 0 Å². The van der Waals surface area contributed by atoms with E-state index in [4.69, 9.17) is 0 Å². The molecule has 75 heavy (non-hydrogen) atoms. The summed E-state index contributed by atoms with van der Waals surface area (Å²) >= 11 is 0. The van der Waals surface area contributed by atoms with E-state index in [1.165, 1.54) is 72.8 Å². The van der Waals surface area contributed by atoms with Gasteiger partial charge >= 0.3 is 0 Å². The first-order valence-corrected chi connectivity index (χ1v) is 26.9. The minimum Gasteiger partial charge on any atom is -0.311 e. The molecule has 0 bridgehead atoms. The number of benzene rings is 9. The van der Waals surface area contributed by atoms with E-state index in [1.54, 1.807) is 0 Å². The lowest BCUT2D eigenvalue weighted by molar-refractivity contribution is 0.568. The molecule has 0 aliphatic carbocycles. The topological polar surface area (TPSA) is 13.0 Å². The van der Waals surface area contributed by atoms with Crippen molar-refractivity contribution in [2.24, 2.45) is 0 Å². The third kappa shape index (κ3) is 9.22. The maximum atomic E-state index is 2.59. The summed E-state index contributed by atoms with van der Waals surface area (Å²) in [5, 5.41) is 0. The second-order valence-electron chi connectivity index (χ2n) is 24.9. The lowest BCUT2D eigenvalue weighted by Crippen LogP contribution is -2.61. The van der Waals surface area contributed by atoms with E-state index in [1.807, 2.05) is 0 Å². The van der Waals surface area contributed by atoms with Crippen molar-refractivity contribution in [1.29, 1.82) is 0 Å². The Hall–Kier alpha value is -7.76. The number of rotatable bonds is 8. The highest BCUT2D eigenvalue weighted by Crippen LogP contribution is 2.49. The molecule has 0 saturated heterocycles. The fraction of sp³-hybridized carbons (Fsp3) is 0.229. The van der Waals surface area contributed by atoms with Crippen molar-refractivity contribution in [3.63, 3.8) is 0 Å². The van der Waals surface area contributed by atoms with Crippen molar-refractivity contribution >= 4 is 91.3 Å². The molecule has 2 heterocycles. The fourth-order valence-electron chi connectivity index (χ4n) is 11.2. The predicted octanol–water partition coefficient (Wildman–Crippen LogP) is 17.9. The molecule has 374 valence electrons. The van der Waals surface area contributed by atoms with E-state index in [0.717, 1.165) is 34.1 Å². The third-order valence-corrected chi connectivity index (χ3v) is 15.3. The highest BCUT2D eigenvalue weighted by molar-refractivity contribution is 7.00. The van der Waals surface area contributed by atoms with Crippen molar-refractivity contribution in [2.45, 2.75) is 105 Å². The van der Waals surface area contributed by atoms with Crippen LogP contribution in [0.3, 0.4) is 0 Å². The molecule has 9 aromatic rings. The zero-order valence-corrected chi connectivity index (χ0v) is 46.1. The van der Waals surface area contributed by atoms with E-state index >= 15 is 0 Å². The minimum absolute atomic E-state index is 0.0820. The quantitative estimate of drug-likeness (QED) is 0.141. The van der Waals surface area contributed by atoms with Gasteiger partial charge in [-0.1, -0.05) is 174 Å². The lowest BCUT2D eigenvalue weighted by atomic mass is 9.33. The summed E-state index contributed by atoms with van der Waals surface area (Å²) in [6.45, 7) is 28.0. The van der Waals surface area contributed by atoms with Crippen LogP contribution >= 0.6 is 0 Å². The Balaban J connectivity index is 1.26. The number of fused-ring (bicyclic) bond motifs is 4. The Morgan fingerprint density at radius 2 is 0.573 bits per heavy atom. The van der Waals surface area contributed by atoms with Gasteiger partial charge in [-0.3, -0.25) is 0 Å². The van der Waals surface area contributed by atoms with Crippen molar-refractivity contribution in [3.05, 3.63) is 235 Å². The fourth-order valence-corrected chi connectivity index (χ4v) is 11.2. The molecule has 2 aliphatic heterocycles. The van der Waals surface area contributed by atoms with Crippen LogP contribution in [0.25, 0.3) is 0 Å². The van der Waals surface area contributed by atoms with Gasteiger partial charge in [-0.05, 0) is 182 Å². The predicted molar refractivity (Wildman–Crippen MR) is 325 cm³/mol. The highest BCUT2D eigenvalue weighted by atomic mass is 15.2. The zero-order chi connectivity index (χ0) is 52.6. The van der Waals surface area contributed by atoms with Gasteiger partial charge in [-0.15, -0.1) is 0 Å². The van der Waals surface area contributed by atoms with Crippen LogP contribution in [0.2, 0.25) is 0 Å². The van der Waals surface area contributed by atoms with Gasteiger partial charge < -0.3 is 19.6 Å². The van der Waals surface area contributed by atoms with Crippen LogP contribution in [-0.4, -0.2) is 6.71 Å². The number of para-hydroxylation sites is 4. The molecule has 5 heteroatoms. The molecule has 0 spiro atoms. The molecule has 0 aromatic heterocycles. The van der Waals surface area contributed by atoms with Crippen molar-refractivity contribution in [3.8, 4) is 0 Å². The monoisotopic (exact) mass is 979 g/mol. The van der Waals surface area contributed by atoms with Gasteiger partial charge in [0.1, 0.15) is 0 Å². The highest BCUT2D eigenvalue weighted by Gasteiger charge is 2.44. The molecule has 4 nitrogen and oxygen atoms in total. The standard InChI is InChI=1S/C70H71BN4/c1-67(2,3)48-40-49(68(4,5)6)43-58(42-48)74-62-38-36-56(72(52-26-17-13-18-27-52)53-28-19-14-20-29-53)46-60(62)71-61-47-57(73(54-30-21-15-22-31-54)55-32-23-16-24-33-55)37-39-63(61)75(65-35-25-34-64(74)66(65)71)59-44-50(69(7,8)9)41-51(45-59)70(10,11)12/h13-47H,1-12H3. The third-order valence-electron chi connectivity index (χ3n) is 15.3. The Morgan fingerprint density at radius 1 is 0.280 bits per heavy atom. The van der Waals surface area contributed by atoms with Crippen LogP contribution in [0.15, 0.2) is 212 Å². The van der Waals surface area contributed by atoms with Gasteiger partial charge in [0.05, 0.1) is 0 Å². The summed E-state index contributed by atoms with van der Waals surface area (Å²) in [4.78, 5) is 10.0. The maximum absolute atomic E-state index is 2.59. The summed E-state index contributed by atoms with van der Waals surface area (Å²) in [6.07, 6.45) is 0. The summed E-state index contributed by atoms with van der Waals surface area (Å²) in [7, 11) is 0. The SMILES string of the molecule is CC(C)(C)c1cc(N2c3ccc(N(c4ccccc4)c4ccccc4)cc3B3c4cc(N(c5ccccc5)c5ccccc5)ccc4N(c4cc(C(C)(C)C)cc(C(C)(C)C)c4)c4cccc2c43)cc(C(C)(C)C)c1. The van der Waals surface area contributed by atoms with Crippen LogP contribution in [0.1, 0.15) is 105 Å². The smallest absolute Gasteiger partial charge is 0.252 e. The molecular formula is C70H71BN4. The molecule has 9 aromatic carbocycles. The van der Waals surface area contributed by atoms with Crippen LogP contribution in [0, 0.1) is 0 Å². The zero-order valence-electron chi connectivity index (χ0n) is 46.1. The average molecular weight is 979 g/mol. The molecule has 0 fully saturated rings. The van der Waals surface area contributed by atoms with Gasteiger partial charge in [0.15, 0.2) is 0 Å². The van der Waals surface area contributed by atoms with Crippen LogP contribution < -0.4 is 36.0 Å². The Labute approximate surface area is 448 Å². The first-order valence-electron chi connectivity index (χ1n) is 26.9. The van der Waals surface area contributed by atoms with Crippen molar-refractivity contribution < 1.29 is 0 Å². The average Bonchev–Trinajstić information content (AvgIpc) is 3.39. The Kier molecular flexibility index (Phi) is 12.2. The molecule has 0 radical (unpaired) electrons. The van der Waals surface area contributed by atoms with Crippen LogP contribution in [0.4, 0.5) is 68.2 Å². The van der Waals surface area contributed by atoms with Crippen molar-refractivity contribution in [1.82, 2.24) is 0 Å². The lowest BCUT2D eigenvalue weighted by Gasteiger charge is -2.45.